The van der Waals surface area contributed by atoms with Crippen LogP contribution in [0.15, 0.2) is 0 Å². The summed E-state index contributed by atoms with van der Waals surface area (Å²) in [5.41, 5.74) is 0. The van der Waals surface area contributed by atoms with Crippen LogP contribution >= 0.6 is 0 Å². The van der Waals surface area contributed by atoms with Crippen LogP contribution in [0.2, 0.25) is 0 Å². The van der Waals surface area contributed by atoms with Crippen molar-refractivity contribution >= 4 is 0 Å². The first-order chi connectivity index (χ1) is 10.0. The molecule has 0 radical (unpaired) electrons. The number of ether oxygens (including phenoxy) is 1. The van der Waals surface area contributed by atoms with E-state index in [2.05, 4.69) is 35.0 Å². The second-order valence-corrected chi connectivity index (χ2v) is 7.39. The van der Waals surface area contributed by atoms with Crippen molar-refractivity contribution in [3.05, 3.63) is 0 Å². The molecule has 0 heterocycles. The van der Waals surface area contributed by atoms with Crippen molar-refractivity contribution < 1.29 is 21.6 Å². The van der Waals surface area contributed by atoms with Crippen molar-refractivity contribution in [2.45, 2.75) is 97.1 Å². The number of halogens is 1. The van der Waals surface area contributed by atoms with Crippen LogP contribution in [0.4, 0.5) is 0 Å². The quantitative estimate of drug-likeness (QED) is 0.254. The number of rotatable bonds is 15. The van der Waals surface area contributed by atoms with Gasteiger partial charge in [0.05, 0.1) is 27.7 Å². The molecular formula is C19H42ClNO. The van der Waals surface area contributed by atoms with Gasteiger partial charge in [-0.25, -0.2) is 0 Å². The van der Waals surface area contributed by atoms with E-state index in [0.29, 0.717) is 6.23 Å². The Morgan fingerprint density at radius 1 is 0.682 bits per heavy atom. The zero-order valence-corrected chi connectivity index (χ0v) is 16.8. The van der Waals surface area contributed by atoms with Gasteiger partial charge in [-0.3, -0.25) is 0 Å². The van der Waals surface area contributed by atoms with Gasteiger partial charge in [0.15, 0.2) is 6.23 Å². The Kier molecular flexibility index (Phi) is 17.9. The molecule has 0 fully saturated rings. The smallest absolute Gasteiger partial charge is 0.192 e. The molecular weight excluding hydrogens is 294 g/mol. The number of unbranched alkanes of at least 4 members (excludes halogenated alkanes) is 10. The molecule has 0 aromatic carbocycles. The van der Waals surface area contributed by atoms with Gasteiger partial charge in [-0.05, 0) is 6.42 Å². The molecule has 0 aliphatic carbocycles. The van der Waals surface area contributed by atoms with E-state index in [1.807, 2.05) is 0 Å². The molecule has 0 saturated heterocycles. The zero-order valence-electron chi connectivity index (χ0n) is 16.0. The van der Waals surface area contributed by atoms with Crippen molar-refractivity contribution in [3.63, 3.8) is 0 Å². The minimum absolute atomic E-state index is 0. The third kappa shape index (κ3) is 15.1. The summed E-state index contributed by atoms with van der Waals surface area (Å²) in [5, 5.41) is 0. The van der Waals surface area contributed by atoms with Gasteiger partial charge in [-0.2, -0.15) is 0 Å². The first-order valence-electron chi connectivity index (χ1n) is 9.45. The maximum atomic E-state index is 6.01. The summed E-state index contributed by atoms with van der Waals surface area (Å²) in [5.74, 6) is 0. The summed E-state index contributed by atoms with van der Waals surface area (Å²) >= 11 is 0. The Hall–Kier alpha value is 0.210. The molecule has 0 rings (SSSR count). The summed E-state index contributed by atoms with van der Waals surface area (Å²) in [6.45, 7) is 5.44. The Bertz CT molecular complexity index is 216. The minimum Gasteiger partial charge on any atom is -1.00 e. The van der Waals surface area contributed by atoms with E-state index in [0.717, 1.165) is 17.5 Å². The van der Waals surface area contributed by atoms with Crippen molar-refractivity contribution in [1.82, 2.24) is 0 Å². The highest BCUT2D eigenvalue weighted by atomic mass is 35.5. The molecule has 1 unspecified atom stereocenters. The summed E-state index contributed by atoms with van der Waals surface area (Å²) in [6.07, 6.45) is 16.8. The van der Waals surface area contributed by atoms with Crippen LogP contribution in [-0.2, 0) is 4.74 Å². The Balaban J connectivity index is 0. The first kappa shape index (κ1) is 24.5. The van der Waals surface area contributed by atoms with Gasteiger partial charge in [-0.1, -0.05) is 78.1 Å². The van der Waals surface area contributed by atoms with E-state index in [9.17, 15) is 0 Å². The van der Waals surface area contributed by atoms with Gasteiger partial charge in [0.1, 0.15) is 0 Å². The Labute approximate surface area is 147 Å². The second-order valence-electron chi connectivity index (χ2n) is 7.39. The summed E-state index contributed by atoms with van der Waals surface area (Å²) < 4.78 is 6.92. The van der Waals surface area contributed by atoms with Gasteiger partial charge in [0.2, 0.25) is 0 Å². The number of quaternary nitrogens is 1. The lowest BCUT2D eigenvalue weighted by atomic mass is 10.1. The average molecular weight is 336 g/mol. The predicted molar refractivity (Wildman–Crippen MR) is 94.5 cm³/mol. The van der Waals surface area contributed by atoms with Crippen molar-refractivity contribution in [2.24, 2.45) is 0 Å². The lowest BCUT2D eigenvalue weighted by Crippen LogP contribution is -3.00. The maximum absolute atomic E-state index is 6.01. The largest absolute Gasteiger partial charge is 1.00 e. The normalized spacial score (nSPS) is 13.0. The Morgan fingerprint density at radius 3 is 1.45 bits per heavy atom. The third-order valence-corrected chi connectivity index (χ3v) is 4.27. The van der Waals surface area contributed by atoms with Gasteiger partial charge in [0, 0.05) is 6.42 Å². The van der Waals surface area contributed by atoms with E-state index >= 15 is 0 Å². The third-order valence-electron chi connectivity index (χ3n) is 4.27. The van der Waals surface area contributed by atoms with Crippen LogP contribution in [0.3, 0.4) is 0 Å². The molecule has 0 aromatic rings. The fraction of sp³-hybridized carbons (Fsp3) is 1.00. The molecule has 22 heavy (non-hydrogen) atoms. The summed E-state index contributed by atoms with van der Waals surface area (Å²) in [7, 11) is 6.65. The van der Waals surface area contributed by atoms with Crippen LogP contribution in [0, 0.1) is 0 Å². The van der Waals surface area contributed by atoms with E-state index < -0.39 is 0 Å². The van der Waals surface area contributed by atoms with Crippen LogP contribution < -0.4 is 12.4 Å². The van der Waals surface area contributed by atoms with Crippen LogP contribution in [0.25, 0.3) is 0 Å². The van der Waals surface area contributed by atoms with Crippen LogP contribution in [0.5, 0.6) is 0 Å². The predicted octanol–water partition coefficient (Wildman–Crippen LogP) is 2.76. The highest BCUT2D eigenvalue weighted by Crippen LogP contribution is 2.13. The second kappa shape index (κ2) is 16.1. The fourth-order valence-corrected chi connectivity index (χ4v) is 2.87. The summed E-state index contributed by atoms with van der Waals surface area (Å²) in [4.78, 5) is 0. The molecule has 0 amide bonds. The first-order valence-corrected chi connectivity index (χ1v) is 9.45. The highest BCUT2D eigenvalue weighted by molar-refractivity contribution is 4.48. The number of nitrogens with zero attached hydrogens (tertiary/aromatic N) is 1. The molecule has 0 aliphatic heterocycles. The molecule has 0 N–H and O–H groups in total. The van der Waals surface area contributed by atoms with Crippen molar-refractivity contribution in [2.75, 3.05) is 27.7 Å². The maximum Gasteiger partial charge on any atom is 0.192 e. The molecule has 0 saturated carbocycles. The SMILES string of the molecule is CCCCCCCCCCCCCOC(CC)[N+](C)(C)C.[Cl-]. The Morgan fingerprint density at radius 2 is 1.09 bits per heavy atom. The lowest BCUT2D eigenvalue weighted by Gasteiger charge is -2.33. The average Bonchev–Trinajstić information content (AvgIpc) is 2.42. The highest BCUT2D eigenvalue weighted by Gasteiger charge is 2.21. The molecule has 0 aromatic heterocycles. The fourth-order valence-electron chi connectivity index (χ4n) is 2.87. The molecule has 0 aliphatic rings. The van der Waals surface area contributed by atoms with E-state index in [1.54, 1.807) is 0 Å². The molecule has 1 atom stereocenters. The van der Waals surface area contributed by atoms with Gasteiger partial charge in [0.25, 0.3) is 0 Å². The van der Waals surface area contributed by atoms with E-state index in [-0.39, 0.29) is 12.4 Å². The number of hydrogen-bond acceptors (Lipinski definition) is 1. The van der Waals surface area contributed by atoms with Crippen LogP contribution in [-0.4, -0.2) is 38.5 Å². The summed E-state index contributed by atoms with van der Waals surface area (Å²) in [6, 6.07) is 0. The molecule has 136 valence electrons. The molecule has 2 nitrogen and oxygen atoms in total. The van der Waals surface area contributed by atoms with E-state index in [4.69, 9.17) is 4.74 Å². The van der Waals surface area contributed by atoms with Gasteiger partial charge < -0.3 is 21.6 Å². The van der Waals surface area contributed by atoms with Crippen molar-refractivity contribution in [3.8, 4) is 0 Å². The van der Waals surface area contributed by atoms with E-state index in [1.165, 1.54) is 70.6 Å². The molecule has 0 spiro atoms. The minimum atomic E-state index is 0. The topological polar surface area (TPSA) is 9.23 Å². The monoisotopic (exact) mass is 335 g/mol. The van der Waals surface area contributed by atoms with Crippen LogP contribution in [0.1, 0.15) is 90.9 Å². The zero-order chi connectivity index (χ0) is 16.0. The molecule has 0 bridgehead atoms. The van der Waals surface area contributed by atoms with Gasteiger partial charge >= 0.3 is 0 Å². The lowest BCUT2D eigenvalue weighted by molar-refractivity contribution is -0.920. The van der Waals surface area contributed by atoms with Crippen molar-refractivity contribution in [1.29, 1.82) is 0 Å². The standard InChI is InChI=1S/C19H42NO.ClH/c1-6-8-9-10-11-12-13-14-15-16-17-18-21-19(7-2)20(3,4)5;/h19H,6-18H2,1-5H3;1H/q+1;/p-1. The number of hydrogen-bond donors (Lipinski definition) is 0. The van der Waals surface area contributed by atoms with Gasteiger partial charge in [-0.15, -0.1) is 0 Å². The molecule has 3 heteroatoms.